The zero-order valence-corrected chi connectivity index (χ0v) is 15.2. The minimum Gasteiger partial charge on any atom is -0.497 e. The molecule has 0 saturated heterocycles. The van der Waals surface area contributed by atoms with E-state index < -0.39 is 10.0 Å². The molecule has 2 aromatic rings. The Labute approximate surface area is 146 Å². The molecule has 0 bridgehead atoms. The fourth-order valence-corrected chi connectivity index (χ4v) is 4.16. The van der Waals surface area contributed by atoms with Gasteiger partial charge in [-0.2, -0.15) is 0 Å². The minimum absolute atomic E-state index is 0.110. The van der Waals surface area contributed by atoms with Gasteiger partial charge in [-0.15, -0.1) is 11.3 Å². The summed E-state index contributed by atoms with van der Waals surface area (Å²) in [4.78, 5) is 13.4. The van der Waals surface area contributed by atoms with Crippen LogP contribution in [-0.2, 0) is 21.4 Å². The molecule has 2 rings (SSSR count). The molecule has 0 radical (unpaired) electrons. The third-order valence-electron chi connectivity index (χ3n) is 3.41. The van der Waals surface area contributed by atoms with Crippen molar-refractivity contribution in [3.05, 3.63) is 47.3 Å². The zero-order chi connectivity index (χ0) is 17.6. The number of carbonyl (C=O) groups is 1. The quantitative estimate of drug-likeness (QED) is 0.774. The third-order valence-corrected chi connectivity index (χ3v) is 6.27. The Morgan fingerprint density at radius 1 is 1.25 bits per heavy atom. The van der Waals surface area contributed by atoms with Crippen LogP contribution in [0.2, 0.25) is 0 Å². The molecule has 0 saturated carbocycles. The topological polar surface area (TPSA) is 75.7 Å². The Hall–Kier alpha value is -1.90. The van der Waals surface area contributed by atoms with E-state index >= 15 is 0 Å². The Bertz CT molecular complexity index is 756. The van der Waals surface area contributed by atoms with E-state index in [4.69, 9.17) is 4.74 Å². The fourth-order valence-electron chi connectivity index (χ4n) is 2.10. The van der Waals surface area contributed by atoms with Gasteiger partial charge in [0.1, 0.15) is 9.96 Å². The highest BCUT2D eigenvalue weighted by Crippen LogP contribution is 2.15. The normalized spacial score (nSPS) is 11.2. The van der Waals surface area contributed by atoms with Gasteiger partial charge in [0.2, 0.25) is 15.9 Å². The zero-order valence-electron chi connectivity index (χ0n) is 13.6. The number of sulfonamides is 1. The number of thiophene rings is 1. The molecule has 0 atom stereocenters. The average Bonchev–Trinajstić information content (AvgIpc) is 3.09. The van der Waals surface area contributed by atoms with Crippen molar-refractivity contribution < 1.29 is 17.9 Å². The number of rotatable bonds is 8. The summed E-state index contributed by atoms with van der Waals surface area (Å²) in [6.07, 6.45) is 0. The molecule has 6 nitrogen and oxygen atoms in total. The summed E-state index contributed by atoms with van der Waals surface area (Å²) in [5, 5.41) is 1.71. The molecule has 1 amide bonds. The monoisotopic (exact) mass is 368 g/mol. The molecule has 0 fully saturated rings. The van der Waals surface area contributed by atoms with E-state index in [9.17, 15) is 13.2 Å². The molecule has 1 aromatic heterocycles. The Morgan fingerprint density at radius 2 is 1.96 bits per heavy atom. The molecule has 0 aliphatic carbocycles. The van der Waals surface area contributed by atoms with Gasteiger partial charge in [0.15, 0.2) is 0 Å². The lowest BCUT2D eigenvalue weighted by Gasteiger charge is -2.21. The van der Waals surface area contributed by atoms with Crippen LogP contribution in [0.15, 0.2) is 46.0 Å². The van der Waals surface area contributed by atoms with E-state index in [1.54, 1.807) is 29.5 Å². The minimum atomic E-state index is -3.51. The third kappa shape index (κ3) is 5.05. The summed E-state index contributed by atoms with van der Waals surface area (Å²) < 4.78 is 32.0. The summed E-state index contributed by atoms with van der Waals surface area (Å²) in [7, 11) is -1.91. The second-order valence-corrected chi connectivity index (χ2v) is 8.06. The molecule has 0 aliphatic heterocycles. The molecule has 1 heterocycles. The number of benzene rings is 1. The highest BCUT2D eigenvalue weighted by Gasteiger charge is 2.16. The van der Waals surface area contributed by atoms with Gasteiger partial charge in [-0.3, -0.25) is 4.79 Å². The van der Waals surface area contributed by atoms with Crippen LogP contribution in [0.3, 0.4) is 0 Å². The molecule has 8 heteroatoms. The molecular formula is C16H20N2O4S2. The van der Waals surface area contributed by atoms with E-state index in [0.717, 1.165) is 22.6 Å². The smallest absolute Gasteiger partial charge is 0.250 e. The number of nitrogens with zero attached hydrogens (tertiary/aromatic N) is 1. The van der Waals surface area contributed by atoms with Gasteiger partial charge in [0, 0.05) is 26.6 Å². The van der Waals surface area contributed by atoms with E-state index in [0.29, 0.717) is 13.1 Å². The molecule has 0 aliphatic rings. The van der Waals surface area contributed by atoms with Crippen LogP contribution in [0.4, 0.5) is 0 Å². The van der Waals surface area contributed by atoms with Crippen molar-refractivity contribution in [3.8, 4) is 5.75 Å². The van der Waals surface area contributed by atoms with Gasteiger partial charge in [0.05, 0.1) is 7.11 Å². The van der Waals surface area contributed by atoms with Crippen LogP contribution in [0, 0.1) is 0 Å². The number of hydrogen-bond acceptors (Lipinski definition) is 5. The largest absolute Gasteiger partial charge is 0.497 e. The maximum Gasteiger partial charge on any atom is 0.250 e. The van der Waals surface area contributed by atoms with Crippen molar-refractivity contribution in [1.29, 1.82) is 0 Å². The number of hydrogen-bond donors (Lipinski definition) is 1. The molecule has 130 valence electrons. The Kier molecular flexibility index (Phi) is 6.36. The molecule has 1 aromatic carbocycles. The first-order valence-corrected chi connectivity index (χ1v) is 9.70. The lowest BCUT2D eigenvalue weighted by atomic mass is 10.2. The molecule has 0 unspecified atom stereocenters. The predicted octanol–water partition coefficient (Wildman–Crippen LogP) is 2.08. The summed E-state index contributed by atoms with van der Waals surface area (Å²) in [5.41, 5.74) is 0.951. The summed E-state index contributed by atoms with van der Waals surface area (Å²) in [5.74, 6) is 0.637. The SMILES string of the molecule is COc1ccc(CN(CCNS(=O)(=O)c2cccs2)C(C)=O)cc1. The lowest BCUT2D eigenvalue weighted by Crippen LogP contribution is -2.36. The maximum absolute atomic E-state index is 12.1. The van der Waals surface area contributed by atoms with E-state index in [1.165, 1.54) is 6.92 Å². The predicted molar refractivity (Wildman–Crippen MR) is 93.6 cm³/mol. The Balaban J connectivity index is 1.92. The molecule has 24 heavy (non-hydrogen) atoms. The highest BCUT2D eigenvalue weighted by molar-refractivity contribution is 7.91. The molecule has 1 N–H and O–H groups in total. The Morgan fingerprint density at radius 3 is 2.50 bits per heavy atom. The number of nitrogens with one attached hydrogen (secondary N) is 1. The lowest BCUT2D eigenvalue weighted by molar-refractivity contribution is -0.129. The van der Waals surface area contributed by atoms with Crippen molar-refractivity contribution in [2.24, 2.45) is 0 Å². The first-order valence-electron chi connectivity index (χ1n) is 7.34. The van der Waals surface area contributed by atoms with Crippen LogP contribution in [0.5, 0.6) is 5.75 Å². The second kappa shape index (κ2) is 8.27. The van der Waals surface area contributed by atoms with Gasteiger partial charge >= 0.3 is 0 Å². The first kappa shape index (κ1) is 18.4. The van der Waals surface area contributed by atoms with Crippen LogP contribution in [-0.4, -0.2) is 39.4 Å². The van der Waals surface area contributed by atoms with E-state index in [1.807, 2.05) is 24.3 Å². The second-order valence-electron chi connectivity index (χ2n) is 5.12. The van der Waals surface area contributed by atoms with Crippen molar-refractivity contribution in [1.82, 2.24) is 9.62 Å². The number of ether oxygens (including phenoxy) is 1. The van der Waals surface area contributed by atoms with Gasteiger partial charge < -0.3 is 9.64 Å². The van der Waals surface area contributed by atoms with Crippen molar-refractivity contribution in [3.63, 3.8) is 0 Å². The summed E-state index contributed by atoms with van der Waals surface area (Å²) in [6, 6.07) is 10.6. The first-order chi connectivity index (χ1) is 11.4. The maximum atomic E-state index is 12.1. The summed E-state index contributed by atoms with van der Waals surface area (Å²) in [6.45, 7) is 2.35. The standard InChI is InChI=1S/C16H20N2O4S2/c1-13(19)18(12-14-5-7-15(22-2)8-6-14)10-9-17-24(20,21)16-4-3-11-23-16/h3-8,11,17H,9-10,12H2,1-2H3. The van der Waals surface area contributed by atoms with E-state index in [-0.39, 0.29) is 16.7 Å². The van der Waals surface area contributed by atoms with Crippen LogP contribution >= 0.6 is 11.3 Å². The number of carbonyl (C=O) groups excluding carboxylic acids is 1. The van der Waals surface area contributed by atoms with Crippen LogP contribution in [0.1, 0.15) is 12.5 Å². The average molecular weight is 368 g/mol. The number of methoxy groups -OCH3 is 1. The number of amides is 1. The fraction of sp³-hybridized carbons (Fsp3) is 0.312. The summed E-state index contributed by atoms with van der Waals surface area (Å²) >= 11 is 1.16. The van der Waals surface area contributed by atoms with Crippen LogP contribution in [0.25, 0.3) is 0 Å². The van der Waals surface area contributed by atoms with Gasteiger partial charge in [0.25, 0.3) is 0 Å². The molecule has 0 spiro atoms. The van der Waals surface area contributed by atoms with Gasteiger partial charge in [-0.1, -0.05) is 18.2 Å². The van der Waals surface area contributed by atoms with Gasteiger partial charge in [-0.05, 0) is 29.1 Å². The van der Waals surface area contributed by atoms with Crippen molar-refractivity contribution >= 4 is 27.3 Å². The van der Waals surface area contributed by atoms with Crippen molar-refractivity contribution in [2.45, 2.75) is 17.7 Å². The van der Waals surface area contributed by atoms with E-state index in [2.05, 4.69) is 4.72 Å². The highest BCUT2D eigenvalue weighted by atomic mass is 32.2. The molecular weight excluding hydrogens is 348 g/mol. The van der Waals surface area contributed by atoms with Crippen LogP contribution < -0.4 is 9.46 Å². The van der Waals surface area contributed by atoms with Gasteiger partial charge in [-0.25, -0.2) is 13.1 Å². The van der Waals surface area contributed by atoms with Crippen molar-refractivity contribution in [2.75, 3.05) is 20.2 Å².